The fourth-order valence-electron chi connectivity index (χ4n) is 2.57. The third-order valence-corrected chi connectivity index (χ3v) is 4.30. The molecule has 1 unspecified atom stereocenters. The van der Waals surface area contributed by atoms with E-state index in [0.717, 1.165) is 36.5 Å². The highest BCUT2D eigenvalue weighted by Gasteiger charge is 2.24. The lowest BCUT2D eigenvalue weighted by molar-refractivity contribution is 0.208. The Balaban J connectivity index is 0.00000264. The lowest BCUT2D eigenvalue weighted by Gasteiger charge is -2.21. The van der Waals surface area contributed by atoms with Crippen molar-refractivity contribution in [2.24, 2.45) is 4.99 Å². The van der Waals surface area contributed by atoms with E-state index in [2.05, 4.69) is 61.6 Å². The SMILES string of the molecule is CCNC(=NCCOC)NC1CCN(c2ccccc2Br)C1.I. The van der Waals surface area contributed by atoms with Crippen LogP contribution < -0.4 is 15.5 Å². The summed E-state index contributed by atoms with van der Waals surface area (Å²) in [5.41, 5.74) is 1.26. The minimum Gasteiger partial charge on any atom is -0.383 e. The second kappa shape index (κ2) is 11.1. The summed E-state index contributed by atoms with van der Waals surface area (Å²) in [7, 11) is 1.70. The van der Waals surface area contributed by atoms with Gasteiger partial charge in [-0.3, -0.25) is 4.99 Å². The monoisotopic (exact) mass is 496 g/mol. The number of ether oxygens (including phenoxy) is 1. The number of nitrogens with zero attached hydrogens (tertiary/aromatic N) is 2. The number of benzene rings is 1. The van der Waals surface area contributed by atoms with E-state index in [9.17, 15) is 0 Å². The third-order valence-electron chi connectivity index (χ3n) is 3.63. The van der Waals surface area contributed by atoms with Gasteiger partial charge in [0.2, 0.25) is 0 Å². The van der Waals surface area contributed by atoms with Crippen molar-refractivity contribution >= 4 is 51.6 Å². The Morgan fingerprint density at radius 2 is 2.22 bits per heavy atom. The van der Waals surface area contributed by atoms with Gasteiger partial charge in [0.15, 0.2) is 5.96 Å². The van der Waals surface area contributed by atoms with E-state index in [4.69, 9.17) is 4.74 Å². The Kier molecular flexibility index (Phi) is 9.89. The van der Waals surface area contributed by atoms with E-state index in [1.807, 2.05) is 6.07 Å². The van der Waals surface area contributed by atoms with Crippen LogP contribution in [0.5, 0.6) is 0 Å². The zero-order valence-corrected chi connectivity index (χ0v) is 17.6. The molecule has 23 heavy (non-hydrogen) atoms. The van der Waals surface area contributed by atoms with Crippen LogP contribution in [0.15, 0.2) is 33.7 Å². The molecule has 0 spiro atoms. The molecule has 2 rings (SSSR count). The van der Waals surface area contributed by atoms with E-state index in [1.165, 1.54) is 5.69 Å². The van der Waals surface area contributed by atoms with Crippen molar-refractivity contribution < 1.29 is 4.74 Å². The molecule has 1 aliphatic rings. The topological polar surface area (TPSA) is 48.9 Å². The Hall–Kier alpha value is -0.540. The highest BCUT2D eigenvalue weighted by atomic mass is 127. The number of anilines is 1. The number of aliphatic imine (C=N–C) groups is 1. The Labute approximate surface area is 164 Å². The summed E-state index contributed by atoms with van der Waals surface area (Å²) in [6.07, 6.45) is 1.11. The van der Waals surface area contributed by atoms with Crippen molar-refractivity contribution in [2.75, 3.05) is 44.8 Å². The number of halogens is 2. The molecule has 0 bridgehead atoms. The molecule has 0 aromatic heterocycles. The zero-order valence-electron chi connectivity index (χ0n) is 13.7. The first-order valence-electron chi connectivity index (χ1n) is 7.77. The van der Waals surface area contributed by atoms with Gasteiger partial charge in [-0.05, 0) is 41.4 Å². The average Bonchev–Trinajstić information content (AvgIpc) is 2.96. The quantitative estimate of drug-likeness (QED) is 0.275. The van der Waals surface area contributed by atoms with Crippen LogP contribution in [0.3, 0.4) is 0 Å². The molecule has 1 aliphatic heterocycles. The number of nitrogens with one attached hydrogen (secondary N) is 2. The molecule has 1 aromatic rings. The largest absolute Gasteiger partial charge is 0.383 e. The summed E-state index contributed by atoms with van der Waals surface area (Å²) in [4.78, 5) is 6.93. The van der Waals surface area contributed by atoms with Gasteiger partial charge < -0.3 is 20.3 Å². The zero-order chi connectivity index (χ0) is 15.8. The smallest absolute Gasteiger partial charge is 0.191 e. The summed E-state index contributed by atoms with van der Waals surface area (Å²) < 4.78 is 6.20. The Morgan fingerprint density at radius 1 is 1.43 bits per heavy atom. The summed E-state index contributed by atoms with van der Waals surface area (Å²) in [5, 5.41) is 6.81. The Morgan fingerprint density at radius 3 is 2.91 bits per heavy atom. The molecule has 0 aliphatic carbocycles. The summed E-state index contributed by atoms with van der Waals surface area (Å²) >= 11 is 3.63. The summed E-state index contributed by atoms with van der Waals surface area (Å²) in [6, 6.07) is 8.78. The lowest BCUT2D eigenvalue weighted by atomic mass is 10.3. The van der Waals surface area contributed by atoms with Crippen LogP contribution in [0, 0.1) is 0 Å². The minimum atomic E-state index is 0. The number of para-hydroxylation sites is 1. The normalized spacial score (nSPS) is 17.8. The maximum absolute atomic E-state index is 5.05. The van der Waals surface area contributed by atoms with Gasteiger partial charge in [0.05, 0.1) is 18.8 Å². The van der Waals surface area contributed by atoms with Crippen molar-refractivity contribution in [3.8, 4) is 0 Å². The summed E-state index contributed by atoms with van der Waals surface area (Å²) in [6.45, 7) is 6.29. The van der Waals surface area contributed by atoms with E-state index >= 15 is 0 Å². The molecular weight excluding hydrogens is 471 g/mol. The van der Waals surface area contributed by atoms with Gasteiger partial charge in [-0.25, -0.2) is 0 Å². The second-order valence-electron chi connectivity index (χ2n) is 5.28. The van der Waals surface area contributed by atoms with Crippen molar-refractivity contribution in [1.82, 2.24) is 10.6 Å². The van der Waals surface area contributed by atoms with Gasteiger partial charge in [0, 0.05) is 37.3 Å². The molecule has 1 atom stereocenters. The van der Waals surface area contributed by atoms with E-state index in [-0.39, 0.29) is 24.0 Å². The molecule has 1 saturated heterocycles. The highest BCUT2D eigenvalue weighted by Crippen LogP contribution is 2.28. The van der Waals surface area contributed by atoms with Crippen LogP contribution in [-0.2, 0) is 4.74 Å². The van der Waals surface area contributed by atoms with Crippen LogP contribution in [0.25, 0.3) is 0 Å². The fourth-order valence-corrected chi connectivity index (χ4v) is 3.10. The average molecular weight is 497 g/mol. The number of guanidine groups is 1. The highest BCUT2D eigenvalue weighted by molar-refractivity contribution is 14.0. The van der Waals surface area contributed by atoms with Crippen LogP contribution in [-0.4, -0.2) is 51.9 Å². The van der Waals surface area contributed by atoms with Crippen LogP contribution in [0.2, 0.25) is 0 Å². The third kappa shape index (κ3) is 6.46. The molecule has 2 N–H and O–H groups in total. The lowest BCUT2D eigenvalue weighted by Crippen LogP contribution is -2.44. The molecule has 0 amide bonds. The van der Waals surface area contributed by atoms with Crippen LogP contribution in [0.4, 0.5) is 5.69 Å². The first-order valence-corrected chi connectivity index (χ1v) is 8.57. The van der Waals surface area contributed by atoms with Gasteiger partial charge in [-0.15, -0.1) is 24.0 Å². The minimum absolute atomic E-state index is 0. The van der Waals surface area contributed by atoms with Crippen molar-refractivity contribution in [1.29, 1.82) is 0 Å². The number of methoxy groups -OCH3 is 1. The molecule has 0 saturated carbocycles. The second-order valence-corrected chi connectivity index (χ2v) is 6.14. The number of hydrogen-bond acceptors (Lipinski definition) is 3. The van der Waals surface area contributed by atoms with Crippen LogP contribution in [0.1, 0.15) is 13.3 Å². The van der Waals surface area contributed by atoms with Gasteiger partial charge in [0.1, 0.15) is 0 Å². The molecule has 0 radical (unpaired) electrons. The van der Waals surface area contributed by atoms with Gasteiger partial charge in [0.25, 0.3) is 0 Å². The predicted molar refractivity (Wildman–Crippen MR) is 111 cm³/mol. The van der Waals surface area contributed by atoms with Gasteiger partial charge in [-0.2, -0.15) is 0 Å². The first-order chi connectivity index (χ1) is 10.7. The van der Waals surface area contributed by atoms with E-state index in [0.29, 0.717) is 19.2 Å². The number of rotatable bonds is 6. The van der Waals surface area contributed by atoms with Crippen molar-refractivity contribution in [3.63, 3.8) is 0 Å². The predicted octanol–water partition coefficient (Wildman–Crippen LogP) is 2.85. The van der Waals surface area contributed by atoms with E-state index in [1.54, 1.807) is 7.11 Å². The van der Waals surface area contributed by atoms with E-state index < -0.39 is 0 Å². The molecule has 1 aromatic carbocycles. The molecule has 5 nitrogen and oxygen atoms in total. The maximum atomic E-state index is 5.05. The fraction of sp³-hybridized carbons (Fsp3) is 0.562. The van der Waals surface area contributed by atoms with Gasteiger partial charge >= 0.3 is 0 Å². The van der Waals surface area contributed by atoms with Crippen molar-refractivity contribution in [3.05, 3.63) is 28.7 Å². The molecular formula is C16H26BrIN4O. The number of hydrogen-bond donors (Lipinski definition) is 2. The molecule has 7 heteroatoms. The van der Waals surface area contributed by atoms with Crippen LogP contribution >= 0.6 is 39.9 Å². The molecule has 1 heterocycles. The molecule has 1 fully saturated rings. The van der Waals surface area contributed by atoms with Crippen molar-refractivity contribution in [2.45, 2.75) is 19.4 Å². The molecule has 130 valence electrons. The Bertz CT molecular complexity index is 501. The summed E-state index contributed by atoms with van der Waals surface area (Å²) in [5.74, 6) is 0.874. The standard InChI is InChI=1S/C16H25BrN4O.HI/c1-3-18-16(19-9-11-22-2)20-13-8-10-21(12-13)15-7-5-4-6-14(15)17;/h4-7,13H,3,8-12H2,1-2H3,(H2,18,19,20);1H. The van der Waals surface area contributed by atoms with Gasteiger partial charge in [-0.1, -0.05) is 12.1 Å². The maximum Gasteiger partial charge on any atom is 0.191 e. The first kappa shape index (κ1) is 20.5.